The molecule has 0 radical (unpaired) electrons. The molecule has 0 aromatic heterocycles. The van der Waals surface area contributed by atoms with E-state index in [4.69, 9.17) is 28.4 Å². The van der Waals surface area contributed by atoms with Crippen LogP contribution >= 0.6 is 0 Å². The van der Waals surface area contributed by atoms with Crippen LogP contribution in [0.5, 0.6) is 0 Å². The van der Waals surface area contributed by atoms with Gasteiger partial charge in [0, 0.05) is 26.4 Å². The van der Waals surface area contributed by atoms with Crippen LogP contribution in [0.2, 0.25) is 0 Å². The van der Waals surface area contributed by atoms with E-state index in [1.54, 1.807) is 14.2 Å². The van der Waals surface area contributed by atoms with Crippen LogP contribution in [0.1, 0.15) is 18.8 Å². The SMILES string of the molecule is CCO[C@H]1O[C@@H]2CO[C@@H](c3ccccc3)O[C@H]2[C@H](OC)[C@H]1OC. The van der Waals surface area contributed by atoms with Crippen LogP contribution in [0.3, 0.4) is 0 Å². The number of benzene rings is 1. The fourth-order valence-corrected chi connectivity index (χ4v) is 3.14. The van der Waals surface area contributed by atoms with Gasteiger partial charge in [0.25, 0.3) is 0 Å². The Morgan fingerprint density at radius 3 is 2.43 bits per heavy atom. The van der Waals surface area contributed by atoms with Crippen LogP contribution < -0.4 is 0 Å². The maximum atomic E-state index is 6.13. The zero-order chi connectivity index (χ0) is 16.2. The van der Waals surface area contributed by atoms with Gasteiger partial charge >= 0.3 is 0 Å². The summed E-state index contributed by atoms with van der Waals surface area (Å²) in [5.41, 5.74) is 0.974. The average Bonchev–Trinajstić information content (AvgIpc) is 2.61. The van der Waals surface area contributed by atoms with Crippen LogP contribution in [0.25, 0.3) is 0 Å². The first-order chi connectivity index (χ1) is 11.3. The Hall–Kier alpha value is -1.02. The third-order valence-electron chi connectivity index (χ3n) is 4.23. The minimum absolute atomic E-state index is 0.247. The van der Waals surface area contributed by atoms with Crippen LogP contribution in [0.4, 0.5) is 0 Å². The van der Waals surface area contributed by atoms with Crippen LogP contribution in [0.15, 0.2) is 30.3 Å². The molecular weight excluding hydrogens is 300 g/mol. The summed E-state index contributed by atoms with van der Waals surface area (Å²) in [5, 5.41) is 0. The number of hydrogen-bond donors (Lipinski definition) is 0. The molecule has 2 heterocycles. The van der Waals surface area contributed by atoms with Crippen molar-refractivity contribution in [3.63, 3.8) is 0 Å². The summed E-state index contributed by atoms with van der Waals surface area (Å²) < 4.78 is 34.8. The molecule has 0 N–H and O–H groups in total. The van der Waals surface area contributed by atoms with Gasteiger partial charge in [-0.1, -0.05) is 30.3 Å². The van der Waals surface area contributed by atoms with Gasteiger partial charge in [-0.05, 0) is 6.92 Å². The molecule has 2 saturated heterocycles. The lowest BCUT2D eigenvalue weighted by Crippen LogP contribution is -2.63. The first kappa shape index (κ1) is 16.8. The first-order valence-corrected chi connectivity index (χ1v) is 7.93. The maximum Gasteiger partial charge on any atom is 0.186 e. The molecule has 0 amide bonds. The quantitative estimate of drug-likeness (QED) is 0.824. The van der Waals surface area contributed by atoms with Crippen molar-refractivity contribution in [1.29, 1.82) is 0 Å². The summed E-state index contributed by atoms with van der Waals surface area (Å²) in [6.45, 7) is 2.88. The van der Waals surface area contributed by atoms with Crippen molar-refractivity contribution in [2.45, 2.75) is 43.9 Å². The highest BCUT2D eigenvalue weighted by Crippen LogP contribution is 2.36. The Balaban J connectivity index is 1.77. The summed E-state index contributed by atoms with van der Waals surface area (Å²) in [7, 11) is 3.28. The second kappa shape index (κ2) is 7.70. The monoisotopic (exact) mass is 324 g/mol. The summed E-state index contributed by atoms with van der Waals surface area (Å²) >= 11 is 0. The summed E-state index contributed by atoms with van der Waals surface area (Å²) in [6.07, 6.45) is -2.08. The molecule has 0 saturated carbocycles. The van der Waals surface area contributed by atoms with Gasteiger partial charge in [-0.25, -0.2) is 0 Å². The van der Waals surface area contributed by atoms with Crippen molar-refractivity contribution in [2.75, 3.05) is 27.4 Å². The van der Waals surface area contributed by atoms with Gasteiger partial charge in [-0.15, -0.1) is 0 Å². The van der Waals surface area contributed by atoms with E-state index in [9.17, 15) is 0 Å². The molecule has 0 bridgehead atoms. The standard InChI is InChI=1S/C17H24O6/c1-4-20-17-15(19-3)14(18-2)13-12(22-17)10-21-16(23-13)11-8-6-5-7-9-11/h5-9,12-17H,4,10H2,1-3H3/t12-,13-,14+,15-,16-,17+/m1/s1. The molecule has 1 aromatic carbocycles. The Labute approximate surface area is 136 Å². The Bertz CT molecular complexity index is 481. The van der Waals surface area contributed by atoms with E-state index < -0.39 is 12.6 Å². The van der Waals surface area contributed by atoms with Crippen LogP contribution in [0, 0.1) is 0 Å². The summed E-state index contributed by atoms with van der Waals surface area (Å²) in [5.74, 6) is 0. The average molecular weight is 324 g/mol. The molecule has 2 aliphatic heterocycles. The largest absolute Gasteiger partial charge is 0.376 e. The fourth-order valence-electron chi connectivity index (χ4n) is 3.14. The second-order valence-corrected chi connectivity index (χ2v) is 5.58. The number of hydrogen-bond acceptors (Lipinski definition) is 6. The molecule has 6 atom stereocenters. The van der Waals surface area contributed by atoms with E-state index in [0.717, 1.165) is 5.56 Å². The number of rotatable bonds is 5. The molecule has 6 heteroatoms. The Morgan fingerprint density at radius 1 is 1.04 bits per heavy atom. The van der Waals surface area contributed by atoms with Crippen LogP contribution in [-0.2, 0) is 28.4 Å². The lowest BCUT2D eigenvalue weighted by Gasteiger charge is -2.48. The van der Waals surface area contributed by atoms with Crippen molar-refractivity contribution in [3.8, 4) is 0 Å². The highest BCUT2D eigenvalue weighted by Gasteiger charge is 2.50. The van der Waals surface area contributed by atoms with Crippen molar-refractivity contribution in [1.82, 2.24) is 0 Å². The maximum absolute atomic E-state index is 6.13. The Kier molecular flexibility index (Phi) is 5.63. The second-order valence-electron chi connectivity index (χ2n) is 5.58. The molecule has 0 aliphatic carbocycles. The molecule has 0 unspecified atom stereocenters. The lowest BCUT2D eigenvalue weighted by molar-refractivity contribution is -0.365. The molecular formula is C17H24O6. The molecule has 23 heavy (non-hydrogen) atoms. The van der Waals surface area contributed by atoms with E-state index in [2.05, 4.69) is 0 Å². The molecule has 0 spiro atoms. The van der Waals surface area contributed by atoms with Gasteiger partial charge in [0.05, 0.1) is 6.61 Å². The van der Waals surface area contributed by atoms with E-state index >= 15 is 0 Å². The highest BCUT2D eigenvalue weighted by molar-refractivity contribution is 5.16. The normalized spacial score (nSPS) is 37.3. The van der Waals surface area contributed by atoms with Gasteiger partial charge in [-0.3, -0.25) is 0 Å². The Morgan fingerprint density at radius 2 is 1.78 bits per heavy atom. The van der Waals surface area contributed by atoms with E-state index in [-0.39, 0.29) is 24.4 Å². The van der Waals surface area contributed by atoms with Crippen molar-refractivity contribution < 1.29 is 28.4 Å². The number of ether oxygens (including phenoxy) is 6. The molecule has 2 aliphatic rings. The highest BCUT2D eigenvalue weighted by atomic mass is 16.8. The predicted octanol–water partition coefficient (Wildman–Crippen LogP) is 1.89. The van der Waals surface area contributed by atoms with Crippen molar-refractivity contribution in [3.05, 3.63) is 35.9 Å². The molecule has 6 nitrogen and oxygen atoms in total. The molecule has 1 aromatic rings. The fraction of sp³-hybridized carbons (Fsp3) is 0.647. The van der Waals surface area contributed by atoms with Gasteiger partial charge in [0.1, 0.15) is 24.4 Å². The summed E-state index contributed by atoms with van der Waals surface area (Å²) in [4.78, 5) is 0. The third kappa shape index (κ3) is 3.42. The minimum Gasteiger partial charge on any atom is -0.376 e. The van der Waals surface area contributed by atoms with Gasteiger partial charge in [0.2, 0.25) is 0 Å². The summed E-state index contributed by atoms with van der Waals surface area (Å²) in [6, 6.07) is 9.84. The van der Waals surface area contributed by atoms with Gasteiger partial charge in [0.15, 0.2) is 12.6 Å². The predicted molar refractivity (Wildman–Crippen MR) is 81.9 cm³/mol. The van der Waals surface area contributed by atoms with E-state index in [1.165, 1.54) is 0 Å². The third-order valence-corrected chi connectivity index (χ3v) is 4.23. The molecule has 128 valence electrons. The van der Waals surface area contributed by atoms with E-state index in [1.807, 2.05) is 37.3 Å². The molecule has 3 rings (SSSR count). The van der Waals surface area contributed by atoms with Gasteiger partial charge in [-0.2, -0.15) is 0 Å². The van der Waals surface area contributed by atoms with Crippen molar-refractivity contribution >= 4 is 0 Å². The van der Waals surface area contributed by atoms with Gasteiger partial charge < -0.3 is 28.4 Å². The smallest absolute Gasteiger partial charge is 0.186 e. The minimum atomic E-state index is -0.489. The van der Waals surface area contributed by atoms with Crippen LogP contribution in [-0.4, -0.2) is 58.1 Å². The number of fused-ring (bicyclic) bond motifs is 1. The zero-order valence-corrected chi connectivity index (χ0v) is 13.7. The van der Waals surface area contributed by atoms with Crippen molar-refractivity contribution in [2.24, 2.45) is 0 Å². The molecule has 2 fully saturated rings. The zero-order valence-electron chi connectivity index (χ0n) is 13.7. The lowest BCUT2D eigenvalue weighted by atomic mass is 9.97. The number of methoxy groups -OCH3 is 2. The van der Waals surface area contributed by atoms with E-state index in [0.29, 0.717) is 13.2 Å². The first-order valence-electron chi connectivity index (χ1n) is 7.93. The topological polar surface area (TPSA) is 55.4 Å².